The fourth-order valence-corrected chi connectivity index (χ4v) is 2.22. The molecule has 0 aliphatic carbocycles. The van der Waals surface area contributed by atoms with E-state index in [0.29, 0.717) is 28.0 Å². The number of anilines is 2. The van der Waals surface area contributed by atoms with Crippen LogP contribution in [0.4, 0.5) is 11.4 Å². The molecule has 0 heterocycles. The number of hydrogen-bond donors (Lipinski definition) is 2. The van der Waals surface area contributed by atoms with Crippen LogP contribution in [-0.4, -0.2) is 5.54 Å². The lowest BCUT2D eigenvalue weighted by molar-refractivity contribution is 0.632. The summed E-state index contributed by atoms with van der Waals surface area (Å²) in [6, 6.07) is 5.22. The van der Waals surface area contributed by atoms with Crippen LogP contribution < -0.4 is 21.5 Å². The van der Waals surface area contributed by atoms with E-state index >= 15 is 0 Å². The number of halogens is 2. The van der Waals surface area contributed by atoms with Crippen molar-refractivity contribution in [3.8, 4) is 0 Å². The number of rotatable bonds is 4. The van der Waals surface area contributed by atoms with Gasteiger partial charge in [-0.3, -0.25) is 9.59 Å². The molecule has 112 valence electrons. The lowest BCUT2D eigenvalue weighted by Gasteiger charge is -2.24. The van der Waals surface area contributed by atoms with E-state index in [9.17, 15) is 9.59 Å². The van der Waals surface area contributed by atoms with Gasteiger partial charge in [0.2, 0.25) is 0 Å². The van der Waals surface area contributed by atoms with Gasteiger partial charge in [0.1, 0.15) is 11.4 Å². The Labute approximate surface area is 132 Å². The van der Waals surface area contributed by atoms with Gasteiger partial charge < -0.3 is 10.6 Å². The van der Waals surface area contributed by atoms with Crippen molar-refractivity contribution in [3.05, 3.63) is 54.3 Å². The molecule has 0 saturated carbocycles. The first kappa shape index (κ1) is 15.9. The molecule has 6 heteroatoms. The first-order valence-electron chi connectivity index (χ1n) is 6.48. The highest BCUT2D eigenvalue weighted by Crippen LogP contribution is 2.24. The summed E-state index contributed by atoms with van der Waals surface area (Å²) >= 11 is 11.8. The van der Waals surface area contributed by atoms with Gasteiger partial charge in [0.15, 0.2) is 0 Å². The summed E-state index contributed by atoms with van der Waals surface area (Å²) in [5, 5.41) is 6.95. The molecule has 0 aromatic heterocycles. The van der Waals surface area contributed by atoms with E-state index in [-0.39, 0.29) is 5.54 Å². The van der Waals surface area contributed by atoms with Crippen molar-refractivity contribution in [1.82, 2.24) is 0 Å². The third-order valence-electron chi connectivity index (χ3n) is 2.86. The highest BCUT2D eigenvalue weighted by Gasteiger charge is 2.24. The van der Waals surface area contributed by atoms with Crippen molar-refractivity contribution >= 4 is 34.6 Å². The Morgan fingerprint density at radius 2 is 1.62 bits per heavy atom. The Balaban J connectivity index is 2.14. The van der Waals surface area contributed by atoms with Gasteiger partial charge >= 0.3 is 0 Å². The second-order valence-electron chi connectivity index (χ2n) is 5.89. The van der Waals surface area contributed by atoms with Gasteiger partial charge in [-0.15, -0.1) is 0 Å². The molecular weight excluding hydrogens is 311 g/mol. The van der Waals surface area contributed by atoms with Crippen LogP contribution in [0.25, 0.3) is 0 Å². The molecule has 0 fully saturated rings. The summed E-state index contributed by atoms with van der Waals surface area (Å²) in [5.41, 5.74) is 0.262. The predicted molar refractivity (Wildman–Crippen MR) is 88.5 cm³/mol. The minimum Gasteiger partial charge on any atom is -0.376 e. The molecule has 0 saturated heterocycles. The van der Waals surface area contributed by atoms with Crippen molar-refractivity contribution in [2.75, 3.05) is 10.6 Å². The van der Waals surface area contributed by atoms with E-state index < -0.39 is 10.9 Å². The first-order chi connectivity index (χ1) is 9.69. The summed E-state index contributed by atoms with van der Waals surface area (Å²) in [6.07, 6.45) is 0. The van der Waals surface area contributed by atoms with Crippen molar-refractivity contribution in [2.45, 2.75) is 32.9 Å². The van der Waals surface area contributed by atoms with Crippen LogP contribution in [0.3, 0.4) is 0 Å². The van der Waals surface area contributed by atoms with Gasteiger partial charge in [0.25, 0.3) is 10.9 Å². The molecule has 0 aliphatic rings. The normalized spacial score (nSPS) is 11.7. The second kappa shape index (κ2) is 5.70. The summed E-state index contributed by atoms with van der Waals surface area (Å²) in [6.45, 7) is 6.16. The van der Waals surface area contributed by atoms with E-state index in [0.717, 1.165) is 5.56 Å². The average Bonchev–Trinajstić information content (AvgIpc) is 2.40. The lowest BCUT2D eigenvalue weighted by atomic mass is 10.1. The number of nitrogens with one attached hydrogen (secondary N) is 2. The quantitative estimate of drug-likeness (QED) is 0.845. The first-order valence-corrected chi connectivity index (χ1v) is 7.24. The minimum atomic E-state index is -0.498. The van der Waals surface area contributed by atoms with Crippen LogP contribution in [-0.2, 0) is 6.54 Å². The van der Waals surface area contributed by atoms with E-state index in [1.807, 2.05) is 26.8 Å². The van der Waals surface area contributed by atoms with E-state index in [1.54, 1.807) is 12.1 Å². The van der Waals surface area contributed by atoms with Gasteiger partial charge in [-0.05, 0) is 38.5 Å². The third-order valence-corrected chi connectivity index (χ3v) is 3.60. The molecule has 2 rings (SSSR count). The van der Waals surface area contributed by atoms with Crippen LogP contribution in [0.5, 0.6) is 0 Å². The summed E-state index contributed by atoms with van der Waals surface area (Å²) in [4.78, 5) is 23.3. The molecule has 0 aliphatic heterocycles. The molecule has 0 spiro atoms. The van der Waals surface area contributed by atoms with E-state index in [4.69, 9.17) is 23.2 Å². The molecule has 4 nitrogen and oxygen atoms in total. The third kappa shape index (κ3) is 3.57. The van der Waals surface area contributed by atoms with Gasteiger partial charge in [-0.25, -0.2) is 0 Å². The maximum atomic E-state index is 11.6. The number of benzene rings is 1. The van der Waals surface area contributed by atoms with Crippen molar-refractivity contribution < 1.29 is 0 Å². The van der Waals surface area contributed by atoms with E-state index in [1.165, 1.54) is 0 Å². The molecule has 21 heavy (non-hydrogen) atoms. The fraction of sp³-hybridized carbons (Fsp3) is 0.333. The lowest BCUT2D eigenvalue weighted by Crippen LogP contribution is -2.41. The molecule has 0 radical (unpaired) electrons. The largest absolute Gasteiger partial charge is 0.376 e. The smallest absolute Gasteiger partial charge is 0.253 e. The van der Waals surface area contributed by atoms with Gasteiger partial charge in [-0.1, -0.05) is 29.3 Å². The van der Waals surface area contributed by atoms with Crippen molar-refractivity contribution in [2.24, 2.45) is 0 Å². The van der Waals surface area contributed by atoms with Crippen LogP contribution in [0.15, 0.2) is 27.8 Å². The standard InChI is InChI=1S/C15H16Cl2N2O2/c1-15(2,3)19-12-11(13(20)14(12)21)18-7-8-4-5-9(16)10(17)6-8/h4-6,18-19H,7H2,1-3H3. The van der Waals surface area contributed by atoms with E-state index in [2.05, 4.69) is 10.6 Å². The zero-order valence-corrected chi connectivity index (χ0v) is 13.5. The Morgan fingerprint density at radius 1 is 1.00 bits per heavy atom. The van der Waals surface area contributed by atoms with Crippen LogP contribution in [0, 0.1) is 0 Å². The fourth-order valence-electron chi connectivity index (χ4n) is 1.89. The van der Waals surface area contributed by atoms with Crippen molar-refractivity contribution in [1.29, 1.82) is 0 Å². The molecule has 2 aromatic rings. The molecule has 0 atom stereocenters. The van der Waals surface area contributed by atoms with Gasteiger partial charge in [0.05, 0.1) is 10.0 Å². The maximum absolute atomic E-state index is 11.6. The molecule has 2 aromatic carbocycles. The second-order valence-corrected chi connectivity index (χ2v) is 6.70. The molecule has 0 amide bonds. The monoisotopic (exact) mass is 326 g/mol. The molecular formula is C15H16Cl2N2O2. The summed E-state index contributed by atoms with van der Waals surface area (Å²) in [5.74, 6) is 0. The highest BCUT2D eigenvalue weighted by molar-refractivity contribution is 6.42. The van der Waals surface area contributed by atoms with Crippen LogP contribution in [0.2, 0.25) is 10.0 Å². The topological polar surface area (TPSA) is 58.2 Å². The maximum Gasteiger partial charge on any atom is 0.253 e. The van der Waals surface area contributed by atoms with Crippen molar-refractivity contribution in [3.63, 3.8) is 0 Å². The Kier molecular flexibility index (Phi) is 4.30. The predicted octanol–water partition coefficient (Wildman–Crippen LogP) is 3.41. The SMILES string of the molecule is CC(C)(C)Nc1c(NCc2ccc(Cl)c(Cl)c2)c(=O)c1=O. The number of hydrogen-bond acceptors (Lipinski definition) is 4. The molecule has 2 N–H and O–H groups in total. The Hall–Kier alpha value is -1.52. The summed E-state index contributed by atoms with van der Waals surface area (Å²) < 4.78 is 0. The summed E-state index contributed by atoms with van der Waals surface area (Å²) in [7, 11) is 0. The highest BCUT2D eigenvalue weighted by atomic mass is 35.5. The average molecular weight is 327 g/mol. The molecule has 0 bridgehead atoms. The minimum absolute atomic E-state index is 0.289. The van der Waals surface area contributed by atoms with Gasteiger partial charge in [0, 0.05) is 12.1 Å². The zero-order valence-electron chi connectivity index (χ0n) is 12.0. The Bertz CT molecular complexity index is 741. The van der Waals surface area contributed by atoms with Gasteiger partial charge in [-0.2, -0.15) is 0 Å². The zero-order chi connectivity index (χ0) is 15.8. The van der Waals surface area contributed by atoms with Crippen LogP contribution >= 0.6 is 23.2 Å². The Morgan fingerprint density at radius 3 is 2.19 bits per heavy atom. The molecule has 0 unspecified atom stereocenters. The van der Waals surface area contributed by atoms with Crippen LogP contribution in [0.1, 0.15) is 26.3 Å².